The van der Waals surface area contributed by atoms with Crippen LogP contribution in [0.5, 0.6) is 0 Å². The van der Waals surface area contributed by atoms with E-state index in [0.717, 1.165) is 11.3 Å². The first-order valence-corrected chi connectivity index (χ1v) is 5.51. The Hall–Kier alpha value is -2.37. The minimum absolute atomic E-state index is 0.120. The molecule has 6 heteroatoms. The fourth-order valence-corrected chi connectivity index (χ4v) is 1.78. The number of carbonyl (C=O) groups is 1. The molecule has 6 nitrogen and oxygen atoms in total. The molecule has 0 unspecified atom stereocenters. The molecule has 0 saturated carbocycles. The molecule has 2 aromatic heterocycles. The van der Waals surface area contributed by atoms with E-state index in [9.17, 15) is 9.59 Å². The summed E-state index contributed by atoms with van der Waals surface area (Å²) in [4.78, 5) is 26.4. The van der Waals surface area contributed by atoms with Crippen LogP contribution in [-0.2, 0) is 0 Å². The molecule has 0 atom stereocenters. The number of aryl methyl sites for hydroxylation is 3. The molecular weight excluding hydrogens is 232 g/mol. The first-order valence-electron chi connectivity index (χ1n) is 5.51. The maximum Gasteiger partial charge on any atom is 0.262 e. The molecule has 0 bridgehead atoms. The van der Waals surface area contributed by atoms with E-state index in [1.165, 1.54) is 0 Å². The van der Waals surface area contributed by atoms with Crippen molar-refractivity contribution in [2.24, 2.45) is 0 Å². The molecule has 0 aliphatic carbocycles. The van der Waals surface area contributed by atoms with Crippen LogP contribution in [0, 0.1) is 20.8 Å². The topological polar surface area (TPSA) is 90.6 Å². The molecule has 0 radical (unpaired) electrons. The number of aromatic nitrogens is 3. The summed E-state index contributed by atoms with van der Waals surface area (Å²) in [5.74, 6) is 0.0560. The third-order valence-corrected chi connectivity index (χ3v) is 2.66. The summed E-state index contributed by atoms with van der Waals surface area (Å²) < 4.78 is 0. The minimum Gasteiger partial charge on any atom is -0.326 e. The number of amides is 1. The van der Waals surface area contributed by atoms with Gasteiger partial charge >= 0.3 is 0 Å². The molecule has 1 amide bonds. The van der Waals surface area contributed by atoms with Gasteiger partial charge in [0.2, 0.25) is 0 Å². The van der Waals surface area contributed by atoms with Gasteiger partial charge in [-0.2, -0.15) is 5.10 Å². The van der Waals surface area contributed by atoms with Crippen molar-refractivity contribution in [2.75, 3.05) is 5.32 Å². The normalized spacial score (nSPS) is 10.4. The van der Waals surface area contributed by atoms with Crippen molar-refractivity contribution in [2.45, 2.75) is 20.8 Å². The molecule has 0 aliphatic heterocycles. The van der Waals surface area contributed by atoms with Gasteiger partial charge in [0, 0.05) is 11.3 Å². The highest BCUT2D eigenvalue weighted by molar-refractivity contribution is 6.04. The Kier molecular flexibility index (Phi) is 3.01. The summed E-state index contributed by atoms with van der Waals surface area (Å²) in [5.41, 5.74) is 1.92. The number of hydrogen-bond donors (Lipinski definition) is 3. The Morgan fingerprint density at radius 1 is 1.28 bits per heavy atom. The third kappa shape index (κ3) is 2.17. The summed E-state index contributed by atoms with van der Waals surface area (Å²) in [6.07, 6.45) is 1.60. The number of aromatic amines is 2. The Morgan fingerprint density at radius 2 is 2.00 bits per heavy atom. The maximum atomic E-state index is 12.0. The lowest BCUT2D eigenvalue weighted by Gasteiger charge is -2.06. The largest absolute Gasteiger partial charge is 0.326 e. The summed E-state index contributed by atoms with van der Waals surface area (Å²) >= 11 is 0. The molecule has 2 rings (SSSR count). The van der Waals surface area contributed by atoms with Gasteiger partial charge in [0.05, 0.1) is 6.20 Å². The van der Waals surface area contributed by atoms with Gasteiger partial charge in [-0.15, -0.1) is 0 Å². The highest BCUT2D eigenvalue weighted by atomic mass is 16.2. The second-order valence-corrected chi connectivity index (χ2v) is 4.22. The van der Waals surface area contributed by atoms with Crippen LogP contribution < -0.4 is 10.9 Å². The molecule has 0 fully saturated rings. The standard InChI is InChI=1S/C12H14N4O2/c1-6-4-8(3)14-11(17)9(6)12(18)15-10-7(2)5-13-16-10/h4-5H,1-3H3,(H,14,17)(H2,13,15,16,18). The molecular formula is C12H14N4O2. The molecule has 2 heterocycles. The van der Waals surface area contributed by atoms with Crippen LogP contribution in [-0.4, -0.2) is 21.1 Å². The summed E-state index contributed by atoms with van der Waals surface area (Å²) in [6.45, 7) is 5.32. The van der Waals surface area contributed by atoms with Crippen molar-refractivity contribution in [3.05, 3.63) is 45.0 Å². The zero-order chi connectivity index (χ0) is 13.3. The second-order valence-electron chi connectivity index (χ2n) is 4.22. The van der Waals surface area contributed by atoms with Crippen molar-refractivity contribution in [3.8, 4) is 0 Å². The Bertz CT molecular complexity index is 654. The minimum atomic E-state index is -0.443. The summed E-state index contributed by atoms with van der Waals surface area (Å²) in [6, 6.07) is 1.76. The van der Waals surface area contributed by atoms with Gasteiger partial charge in [-0.3, -0.25) is 14.7 Å². The van der Waals surface area contributed by atoms with E-state index in [0.29, 0.717) is 11.4 Å². The number of nitrogens with zero attached hydrogens (tertiary/aromatic N) is 1. The van der Waals surface area contributed by atoms with Gasteiger partial charge in [-0.25, -0.2) is 0 Å². The van der Waals surface area contributed by atoms with E-state index in [1.54, 1.807) is 26.1 Å². The maximum absolute atomic E-state index is 12.0. The van der Waals surface area contributed by atoms with Crippen molar-refractivity contribution >= 4 is 11.7 Å². The highest BCUT2D eigenvalue weighted by Gasteiger charge is 2.15. The van der Waals surface area contributed by atoms with E-state index >= 15 is 0 Å². The zero-order valence-electron chi connectivity index (χ0n) is 10.4. The number of H-pyrrole nitrogens is 2. The van der Waals surface area contributed by atoms with Crippen LogP contribution in [0.25, 0.3) is 0 Å². The van der Waals surface area contributed by atoms with E-state index in [4.69, 9.17) is 0 Å². The number of pyridine rings is 1. The van der Waals surface area contributed by atoms with E-state index in [2.05, 4.69) is 20.5 Å². The van der Waals surface area contributed by atoms with Crippen molar-refractivity contribution < 1.29 is 4.79 Å². The lowest BCUT2D eigenvalue weighted by molar-refractivity contribution is 0.102. The number of rotatable bonds is 2. The molecule has 2 aromatic rings. The molecule has 94 valence electrons. The van der Waals surface area contributed by atoms with Crippen LogP contribution in [0.4, 0.5) is 5.82 Å². The van der Waals surface area contributed by atoms with E-state index in [-0.39, 0.29) is 11.1 Å². The SMILES string of the molecule is Cc1cc(C)c(C(=O)Nc2[nH]ncc2C)c(=O)[nH]1. The monoisotopic (exact) mass is 246 g/mol. The Labute approximate surface area is 103 Å². The summed E-state index contributed by atoms with van der Waals surface area (Å²) in [5, 5.41) is 9.09. The predicted molar refractivity (Wildman–Crippen MR) is 67.8 cm³/mol. The van der Waals surface area contributed by atoms with Gasteiger partial charge in [0.1, 0.15) is 11.4 Å². The first-order chi connectivity index (χ1) is 8.49. The quantitative estimate of drug-likeness (QED) is 0.745. The van der Waals surface area contributed by atoms with Crippen LogP contribution in [0.3, 0.4) is 0 Å². The van der Waals surface area contributed by atoms with Gasteiger partial charge in [0.15, 0.2) is 0 Å². The van der Waals surface area contributed by atoms with Gasteiger partial charge in [0.25, 0.3) is 11.5 Å². The molecule has 18 heavy (non-hydrogen) atoms. The molecule has 0 aromatic carbocycles. The van der Waals surface area contributed by atoms with Crippen LogP contribution >= 0.6 is 0 Å². The van der Waals surface area contributed by atoms with E-state index < -0.39 is 5.91 Å². The number of hydrogen-bond acceptors (Lipinski definition) is 3. The highest BCUT2D eigenvalue weighted by Crippen LogP contribution is 2.11. The van der Waals surface area contributed by atoms with Crippen molar-refractivity contribution in [3.63, 3.8) is 0 Å². The fourth-order valence-electron chi connectivity index (χ4n) is 1.78. The second kappa shape index (κ2) is 4.48. The average Bonchev–Trinajstić information content (AvgIpc) is 2.62. The van der Waals surface area contributed by atoms with Gasteiger partial charge < -0.3 is 10.3 Å². The molecule has 0 saturated heterocycles. The van der Waals surface area contributed by atoms with E-state index in [1.807, 2.05) is 6.92 Å². The number of carbonyl (C=O) groups excluding carboxylic acids is 1. The smallest absolute Gasteiger partial charge is 0.262 e. The van der Waals surface area contributed by atoms with Gasteiger partial charge in [-0.1, -0.05) is 0 Å². The van der Waals surface area contributed by atoms with Crippen molar-refractivity contribution in [1.29, 1.82) is 0 Å². The lowest BCUT2D eigenvalue weighted by Crippen LogP contribution is -2.25. The Balaban J connectivity index is 2.36. The van der Waals surface area contributed by atoms with Crippen LogP contribution in [0.2, 0.25) is 0 Å². The first kappa shape index (κ1) is 12.1. The molecule has 0 spiro atoms. The lowest BCUT2D eigenvalue weighted by atomic mass is 10.1. The number of anilines is 1. The summed E-state index contributed by atoms with van der Waals surface area (Å²) in [7, 11) is 0. The third-order valence-electron chi connectivity index (χ3n) is 2.66. The fraction of sp³-hybridized carbons (Fsp3) is 0.250. The Morgan fingerprint density at radius 3 is 2.56 bits per heavy atom. The van der Waals surface area contributed by atoms with Crippen LogP contribution in [0.15, 0.2) is 17.1 Å². The number of nitrogens with one attached hydrogen (secondary N) is 3. The van der Waals surface area contributed by atoms with Crippen molar-refractivity contribution in [1.82, 2.24) is 15.2 Å². The molecule has 0 aliphatic rings. The zero-order valence-corrected chi connectivity index (χ0v) is 10.4. The molecule has 3 N–H and O–H groups in total. The predicted octanol–water partition coefficient (Wildman–Crippen LogP) is 1.28. The average molecular weight is 246 g/mol. The van der Waals surface area contributed by atoms with Crippen LogP contribution in [0.1, 0.15) is 27.2 Å². The van der Waals surface area contributed by atoms with Gasteiger partial charge in [-0.05, 0) is 32.4 Å².